The van der Waals surface area contributed by atoms with Gasteiger partial charge in [0.15, 0.2) is 0 Å². The van der Waals surface area contributed by atoms with Gasteiger partial charge in [0.2, 0.25) is 0 Å². The molecule has 0 saturated heterocycles. The first-order valence-corrected chi connectivity index (χ1v) is 6.64. The molecule has 16 heavy (non-hydrogen) atoms. The summed E-state index contributed by atoms with van der Waals surface area (Å²) in [6.45, 7) is 3.82. The van der Waals surface area contributed by atoms with Gasteiger partial charge in [0.05, 0.1) is 0 Å². The van der Waals surface area contributed by atoms with Crippen LogP contribution in [0, 0.1) is 11.8 Å². The SMILES string of the molecule is Cn1cccc1CN(CC1CC1)CC1CC1. The van der Waals surface area contributed by atoms with Gasteiger partial charge in [-0.25, -0.2) is 0 Å². The second-order valence-electron chi connectivity index (χ2n) is 5.69. The molecule has 0 amide bonds. The Morgan fingerprint density at radius 3 is 2.25 bits per heavy atom. The van der Waals surface area contributed by atoms with Crippen LogP contribution in [0.2, 0.25) is 0 Å². The average molecular weight is 218 g/mol. The normalized spacial score (nSPS) is 20.6. The molecule has 0 aromatic carbocycles. The van der Waals surface area contributed by atoms with Crippen molar-refractivity contribution in [1.29, 1.82) is 0 Å². The molecule has 3 rings (SSSR count). The van der Waals surface area contributed by atoms with E-state index in [1.807, 2.05) is 0 Å². The molecule has 0 radical (unpaired) electrons. The fourth-order valence-electron chi connectivity index (χ4n) is 2.42. The molecule has 2 saturated carbocycles. The Labute approximate surface area is 98.2 Å². The Kier molecular flexibility index (Phi) is 2.76. The molecule has 1 aromatic rings. The fraction of sp³-hybridized carbons (Fsp3) is 0.714. The number of aromatic nitrogens is 1. The van der Waals surface area contributed by atoms with Crippen molar-refractivity contribution in [3.05, 3.63) is 24.0 Å². The van der Waals surface area contributed by atoms with Crippen LogP contribution >= 0.6 is 0 Å². The van der Waals surface area contributed by atoms with Gasteiger partial charge < -0.3 is 4.57 Å². The molecule has 2 heteroatoms. The van der Waals surface area contributed by atoms with Gasteiger partial charge in [-0.1, -0.05) is 0 Å². The largest absolute Gasteiger partial charge is 0.353 e. The van der Waals surface area contributed by atoms with Crippen molar-refractivity contribution in [3.8, 4) is 0 Å². The zero-order chi connectivity index (χ0) is 11.0. The quantitative estimate of drug-likeness (QED) is 0.712. The number of rotatable bonds is 6. The Bertz CT molecular complexity index is 333. The van der Waals surface area contributed by atoms with Crippen molar-refractivity contribution < 1.29 is 0 Å². The van der Waals surface area contributed by atoms with E-state index in [0.29, 0.717) is 0 Å². The minimum atomic E-state index is 1.01. The van der Waals surface area contributed by atoms with Crippen LogP contribution in [-0.2, 0) is 13.6 Å². The maximum Gasteiger partial charge on any atom is 0.0387 e. The molecule has 0 unspecified atom stereocenters. The second kappa shape index (κ2) is 4.25. The third-order valence-electron chi connectivity index (χ3n) is 3.86. The summed E-state index contributed by atoms with van der Waals surface area (Å²) < 4.78 is 2.26. The summed E-state index contributed by atoms with van der Waals surface area (Å²) >= 11 is 0. The molecule has 0 bridgehead atoms. The fourth-order valence-corrected chi connectivity index (χ4v) is 2.42. The maximum absolute atomic E-state index is 2.69. The molecule has 88 valence electrons. The van der Waals surface area contributed by atoms with E-state index in [-0.39, 0.29) is 0 Å². The van der Waals surface area contributed by atoms with E-state index in [1.165, 1.54) is 44.5 Å². The molecule has 2 aliphatic carbocycles. The standard InChI is InChI=1S/C14H22N2/c1-15-8-2-3-14(15)11-16(9-12-4-5-12)10-13-6-7-13/h2-3,8,12-13H,4-7,9-11H2,1H3. The van der Waals surface area contributed by atoms with Crippen molar-refractivity contribution >= 4 is 0 Å². The van der Waals surface area contributed by atoms with Crippen LogP contribution < -0.4 is 0 Å². The van der Waals surface area contributed by atoms with E-state index in [9.17, 15) is 0 Å². The summed E-state index contributed by atoms with van der Waals surface area (Å²) in [6, 6.07) is 4.41. The first kappa shape index (κ1) is 10.4. The van der Waals surface area contributed by atoms with E-state index in [0.717, 1.165) is 18.4 Å². The summed E-state index contributed by atoms with van der Waals surface area (Å²) in [5.74, 6) is 2.03. The predicted molar refractivity (Wildman–Crippen MR) is 66.1 cm³/mol. The summed E-state index contributed by atoms with van der Waals surface area (Å²) in [4.78, 5) is 2.69. The third-order valence-corrected chi connectivity index (χ3v) is 3.86. The van der Waals surface area contributed by atoms with E-state index < -0.39 is 0 Å². The Balaban J connectivity index is 1.59. The average Bonchev–Trinajstić information content (AvgIpc) is 3.14. The van der Waals surface area contributed by atoms with E-state index in [2.05, 4.69) is 34.8 Å². The first-order chi connectivity index (χ1) is 7.81. The van der Waals surface area contributed by atoms with E-state index in [1.54, 1.807) is 0 Å². The number of hydrogen-bond acceptors (Lipinski definition) is 1. The first-order valence-electron chi connectivity index (χ1n) is 6.64. The lowest BCUT2D eigenvalue weighted by Gasteiger charge is -2.22. The van der Waals surface area contributed by atoms with Crippen LogP contribution in [0.25, 0.3) is 0 Å². The van der Waals surface area contributed by atoms with E-state index in [4.69, 9.17) is 0 Å². The highest BCUT2D eigenvalue weighted by molar-refractivity contribution is 5.06. The number of aryl methyl sites for hydroxylation is 1. The molecule has 0 N–H and O–H groups in total. The molecule has 2 aliphatic rings. The van der Waals surface area contributed by atoms with Crippen molar-refractivity contribution in [2.24, 2.45) is 18.9 Å². The summed E-state index contributed by atoms with van der Waals surface area (Å²) in [7, 11) is 2.15. The van der Waals surface area contributed by atoms with Gasteiger partial charge in [0.1, 0.15) is 0 Å². The Morgan fingerprint density at radius 1 is 1.19 bits per heavy atom. The summed E-state index contributed by atoms with van der Waals surface area (Å²) in [6.07, 6.45) is 8.02. The molecular weight excluding hydrogens is 196 g/mol. The van der Waals surface area contributed by atoms with Crippen LogP contribution in [0.4, 0.5) is 0 Å². The molecule has 0 spiro atoms. The Hall–Kier alpha value is -0.760. The van der Waals surface area contributed by atoms with Crippen molar-refractivity contribution in [1.82, 2.24) is 9.47 Å². The monoisotopic (exact) mass is 218 g/mol. The molecule has 1 heterocycles. The predicted octanol–water partition coefficient (Wildman–Crippen LogP) is 2.65. The highest BCUT2D eigenvalue weighted by Gasteiger charge is 2.29. The minimum absolute atomic E-state index is 1.01. The van der Waals surface area contributed by atoms with Crippen LogP contribution in [0.3, 0.4) is 0 Å². The number of nitrogens with zero attached hydrogens (tertiary/aromatic N) is 2. The maximum atomic E-state index is 2.69. The number of hydrogen-bond donors (Lipinski definition) is 0. The molecule has 0 atom stereocenters. The highest BCUT2D eigenvalue weighted by Crippen LogP contribution is 2.34. The van der Waals surface area contributed by atoms with Crippen LogP contribution in [0.1, 0.15) is 31.4 Å². The van der Waals surface area contributed by atoms with Crippen LogP contribution in [-0.4, -0.2) is 22.6 Å². The second-order valence-corrected chi connectivity index (χ2v) is 5.69. The molecule has 2 nitrogen and oxygen atoms in total. The van der Waals surface area contributed by atoms with Crippen LogP contribution in [0.5, 0.6) is 0 Å². The lowest BCUT2D eigenvalue weighted by Crippen LogP contribution is -2.28. The highest BCUT2D eigenvalue weighted by atomic mass is 15.2. The van der Waals surface area contributed by atoms with Gasteiger partial charge >= 0.3 is 0 Å². The lowest BCUT2D eigenvalue weighted by atomic mass is 10.3. The van der Waals surface area contributed by atoms with Gasteiger partial charge in [0, 0.05) is 38.6 Å². The summed E-state index contributed by atoms with van der Waals surface area (Å²) in [5.41, 5.74) is 1.46. The minimum Gasteiger partial charge on any atom is -0.353 e. The van der Waals surface area contributed by atoms with Gasteiger partial charge in [-0.15, -0.1) is 0 Å². The topological polar surface area (TPSA) is 8.17 Å². The molecule has 2 fully saturated rings. The summed E-state index contributed by atoms with van der Waals surface area (Å²) in [5, 5.41) is 0. The Morgan fingerprint density at radius 2 is 1.81 bits per heavy atom. The van der Waals surface area contributed by atoms with Gasteiger partial charge in [-0.3, -0.25) is 4.90 Å². The lowest BCUT2D eigenvalue weighted by molar-refractivity contribution is 0.239. The van der Waals surface area contributed by atoms with Crippen molar-refractivity contribution in [2.75, 3.05) is 13.1 Å². The molecule has 1 aromatic heterocycles. The van der Waals surface area contributed by atoms with E-state index >= 15 is 0 Å². The van der Waals surface area contributed by atoms with Crippen molar-refractivity contribution in [3.63, 3.8) is 0 Å². The van der Waals surface area contributed by atoms with Crippen LogP contribution in [0.15, 0.2) is 18.3 Å². The van der Waals surface area contributed by atoms with Gasteiger partial charge in [-0.05, 0) is 49.7 Å². The zero-order valence-corrected chi connectivity index (χ0v) is 10.2. The zero-order valence-electron chi connectivity index (χ0n) is 10.2. The molecular formula is C14H22N2. The van der Waals surface area contributed by atoms with Gasteiger partial charge in [0.25, 0.3) is 0 Å². The molecule has 0 aliphatic heterocycles. The van der Waals surface area contributed by atoms with Gasteiger partial charge in [-0.2, -0.15) is 0 Å². The smallest absolute Gasteiger partial charge is 0.0387 e. The third kappa shape index (κ3) is 2.67. The van der Waals surface area contributed by atoms with Crippen molar-refractivity contribution in [2.45, 2.75) is 32.2 Å².